The van der Waals surface area contributed by atoms with Crippen LogP contribution in [0.1, 0.15) is 34.6 Å². The van der Waals surface area contributed by atoms with Crippen LogP contribution in [0.3, 0.4) is 0 Å². The van der Waals surface area contributed by atoms with Crippen LogP contribution in [-0.4, -0.2) is 52.5 Å². The molecule has 1 aliphatic heterocycles. The molecule has 0 radical (unpaired) electrons. The number of anilines is 3. The molecule has 0 spiro atoms. The Balaban J connectivity index is 2.04. The van der Waals surface area contributed by atoms with E-state index in [4.69, 9.17) is 4.74 Å². The van der Waals surface area contributed by atoms with E-state index >= 15 is 0 Å². The number of fused-ring (bicyclic) bond motifs is 1. The smallest absolute Gasteiger partial charge is 0.410 e. The third-order valence-corrected chi connectivity index (χ3v) is 3.79. The predicted molar refractivity (Wildman–Crippen MR) is 98.0 cm³/mol. The first-order chi connectivity index (χ1) is 12.0. The molecule has 0 fully saturated rings. The first-order valence-electron chi connectivity index (χ1n) is 8.33. The van der Waals surface area contributed by atoms with Crippen molar-refractivity contribution in [2.75, 3.05) is 23.0 Å². The number of amides is 3. The van der Waals surface area contributed by atoms with Gasteiger partial charge in [-0.05, 0) is 46.8 Å². The van der Waals surface area contributed by atoms with Gasteiger partial charge in [0.1, 0.15) is 23.5 Å². The van der Waals surface area contributed by atoms with E-state index in [-0.39, 0.29) is 5.91 Å². The van der Waals surface area contributed by atoms with E-state index in [0.717, 1.165) is 0 Å². The lowest BCUT2D eigenvalue weighted by Crippen LogP contribution is -2.45. The Morgan fingerprint density at radius 2 is 2.00 bits per heavy atom. The summed E-state index contributed by atoms with van der Waals surface area (Å²) in [6.45, 7) is 8.58. The summed E-state index contributed by atoms with van der Waals surface area (Å²) >= 11 is 0. The lowest BCUT2D eigenvalue weighted by molar-refractivity contribution is -0.120. The van der Waals surface area contributed by atoms with Gasteiger partial charge in [-0.2, -0.15) is 0 Å². The molecule has 3 N–H and O–H groups in total. The Bertz CT molecular complexity index is 728. The Kier molecular flexibility index (Phi) is 5.38. The molecule has 26 heavy (non-hydrogen) atoms. The second-order valence-electron chi connectivity index (χ2n) is 7.20. The van der Waals surface area contributed by atoms with E-state index < -0.39 is 29.7 Å². The summed E-state index contributed by atoms with van der Waals surface area (Å²) in [5.41, 5.74) is -0.0981. The molecule has 1 unspecified atom stereocenters. The minimum absolute atomic E-state index is 0.149. The molecule has 0 aromatic carbocycles. The Labute approximate surface area is 152 Å². The van der Waals surface area contributed by atoms with Crippen molar-refractivity contribution in [2.45, 2.75) is 52.3 Å². The highest BCUT2D eigenvalue weighted by atomic mass is 16.6. The minimum atomic E-state index is -0.755. The molecular weight excluding hydrogens is 338 g/mol. The van der Waals surface area contributed by atoms with E-state index in [1.54, 1.807) is 46.8 Å². The molecule has 2 atom stereocenters. The minimum Gasteiger partial charge on any atom is -0.444 e. The topological polar surface area (TPSA) is 113 Å². The molecule has 0 bridgehead atoms. The van der Waals surface area contributed by atoms with Crippen molar-refractivity contribution >= 4 is 35.2 Å². The molecule has 142 valence electrons. The van der Waals surface area contributed by atoms with Gasteiger partial charge in [-0.3, -0.25) is 14.5 Å². The molecule has 0 saturated heterocycles. The van der Waals surface area contributed by atoms with Crippen molar-refractivity contribution in [1.29, 1.82) is 0 Å². The highest BCUT2D eigenvalue weighted by Crippen LogP contribution is 2.26. The van der Waals surface area contributed by atoms with Gasteiger partial charge >= 0.3 is 6.09 Å². The first-order valence-corrected chi connectivity index (χ1v) is 8.33. The van der Waals surface area contributed by atoms with Crippen LogP contribution < -0.4 is 16.0 Å². The third kappa shape index (κ3) is 4.62. The number of pyridine rings is 1. The van der Waals surface area contributed by atoms with Gasteiger partial charge in [0, 0.05) is 7.05 Å². The van der Waals surface area contributed by atoms with Crippen LogP contribution in [-0.2, 0) is 14.3 Å². The second-order valence-corrected chi connectivity index (χ2v) is 7.20. The first kappa shape index (κ1) is 19.5. The second kappa shape index (κ2) is 7.19. The maximum absolute atomic E-state index is 12.4. The largest absolute Gasteiger partial charge is 0.444 e. The van der Waals surface area contributed by atoms with Crippen molar-refractivity contribution in [3.05, 3.63) is 12.1 Å². The van der Waals surface area contributed by atoms with Crippen LogP contribution in [0.15, 0.2) is 12.1 Å². The Morgan fingerprint density at radius 3 is 2.62 bits per heavy atom. The van der Waals surface area contributed by atoms with E-state index in [2.05, 4.69) is 20.9 Å². The van der Waals surface area contributed by atoms with Gasteiger partial charge in [0.05, 0.1) is 5.69 Å². The fraction of sp³-hybridized carbons (Fsp3) is 0.529. The Hall–Kier alpha value is -2.84. The van der Waals surface area contributed by atoms with Crippen LogP contribution in [0.4, 0.5) is 22.1 Å². The average molecular weight is 363 g/mol. The molecule has 9 heteroatoms. The zero-order valence-corrected chi connectivity index (χ0v) is 15.8. The van der Waals surface area contributed by atoms with E-state index in [0.29, 0.717) is 17.3 Å². The number of hydrogen-bond donors (Lipinski definition) is 3. The number of rotatable bonds is 3. The van der Waals surface area contributed by atoms with Gasteiger partial charge < -0.3 is 20.7 Å². The summed E-state index contributed by atoms with van der Waals surface area (Å²) in [5.74, 6) is 0.236. The number of hydrogen-bond acceptors (Lipinski definition) is 6. The average Bonchev–Trinajstić information content (AvgIpc) is 2.53. The highest BCUT2D eigenvalue weighted by molar-refractivity contribution is 6.02. The third-order valence-electron chi connectivity index (χ3n) is 3.79. The maximum atomic E-state index is 12.4. The number of aromatic nitrogens is 1. The van der Waals surface area contributed by atoms with Crippen LogP contribution in [0.25, 0.3) is 0 Å². The van der Waals surface area contributed by atoms with Gasteiger partial charge in [-0.1, -0.05) is 0 Å². The molecule has 2 rings (SSSR count). The number of carbonyl (C=O) groups is 3. The number of nitrogens with one attached hydrogen (secondary N) is 3. The summed E-state index contributed by atoms with van der Waals surface area (Å²) in [4.78, 5) is 41.6. The monoisotopic (exact) mass is 363 g/mol. The lowest BCUT2D eigenvalue weighted by atomic mass is 10.2. The Morgan fingerprint density at radius 1 is 1.35 bits per heavy atom. The molecule has 0 saturated carbocycles. The number of ether oxygens (including phenoxy) is 1. The fourth-order valence-electron chi connectivity index (χ4n) is 2.15. The van der Waals surface area contributed by atoms with Crippen LogP contribution >= 0.6 is 0 Å². The van der Waals surface area contributed by atoms with Gasteiger partial charge in [-0.25, -0.2) is 9.78 Å². The molecule has 3 amide bonds. The highest BCUT2D eigenvalue weighted by Gasteiger charge is 2.28. The lowest BCUT2D eigenvalue weighted by Gasteiger charge is -2.28. The molecule has 9 nitrogen and oxygen atoms in total. The summed E-state index contributed by atoms with van der Waals surface area (Å²) in [7, 11) is 1.50. The van der Waals surface area contributed by atoms with Gasteiger partial charge in [0.25, 0.3) is 0 Å². The molecule has 2 heterocycles. The molecule has 1 aromatic heterocycles. The molecular formula is C17H25N5O4. The number of carbonyl (C=O) groups excluding carboxylic acids is 3. The predicted octanol–water partition coefficient (Wildman–Crippen LogP) is 2.03. The molecule has 0 aliphatic carbocycles. The van der Waals surface area contributed by atoms with Crippen molar-refractivity contribution in [3.63, 3.8) is 0 Å². The number of likely N-dealkylation sites (N-methyl/N-ethyl adjacent to an activating group) is 1. The van der Waals surface area contributed by atoms with Gasteiger partial charge in [-0.15, -0.1) is 0 Å². The summed E-state index contributed by atoms with van der Waals surface area (Å²) in [6, 6.07) is 2.05. The zero-order chi connectivity index (χ0) is 19.6. The van der Waals surface area contributed by atoms with Crippen molar-refractivity contribution < 1.29 is 19.1 Å². The van der Waals surface area contributed by atoms with Crippen LogP contribution in [0.5, 0.6) is 0 Å². The summed E-state index contributed by atoms with van der Waals surface area (Å²) in [6.07, 6.45) is -0.586. The molecule has 1 aliphatic rings. The van der Waals surface area contributed by atoms with Crippen LogP contribution in [0.2, 0.25) is 0 Å². The fourth-order valence-corrected chi connectivity index (χ4v) is 2.15. The maximum Gasteiger partial charge on any atom is 0.410 e. The summed E-state index contributed by atoms with van der Waals surface area (Å²) in [5, 5.41) is 8.35. The van der Waals surface area contributed by atoms with E-state index in [1.165, 1.54) is 11.9 Å². The molecule has 1 aromatic rings. The quantitative estimate of drug-likeness (QED) is 0.757. The van der Waals surface area contributed by atoms with Crippen molar-refractivity contribution in [2.24, 2.45) is 0 Å². The van der Waals surface area contributed by atoms with E-state index in [1.807, 2.05) is 0 Å². The SMILES string of the molecule is CC(C(=O)Nc1ccc2c(n1)N[C@@H](C)C(=O)N2)N(C)C(=O)OC(C)(C)C. The van der Waals surface area contributed by atoms with Crippen molar-refractivity contribution in [3.8, 4) is 0 Å². The van der Waals surface area contributed by atoms with Crippen molar-refractivity contribution in [1.82, 2.24) is 9.88 Å². The van der Waals surface area contributed by atoms with E-state index in [9.17, 15) is 14.4 Å². The van der Waals surface area contributed by atoms with Gasteiger partial charge in [0.15, 0.2) is 5.82 Å². The summed E-state index contributed by atoms with van der Waals surface area (Å²) < 4.78 is 5.26. The normalized spacial score (nSPS) is 17.3. The van der Waals surface area contributed by atoms with Crippen LogP contribution in [0, 0.1) is 0 Å². The zero-order valence-electron chi connectivity index (χ0n) is 15.8. The van der Waals surface area contributed by atoms with Gasteiger partial charge in [0.2, 0.25) is 11.8 Å². The number of nitrogens with zero attached hydrogens (tertiary/aromatic N) is 2. The standard InChI is InChI=1S/C17H25N5O4/c1-9-14(23)19-11-7-8-12(20-13(11)18-9)21-15(24)10(2)22(6)16(25)26-17(3,4)5/h7-10H,1-6H3,(H,19,23)(H2,18,20,21,24)/t9-,10?/m0/s1.